The SMILES string of the molecule is CCn1cnnc1CNC(=NC)NCCCc1ccc(C(C)C)cc1.I. The fourth-order valence-electron chi connectivity index (χ4n) is 2.63. The summed E-state index contributed by atoms with van der Waals surface area (Å²) < 4.78 is 2.01. The summed E-state index contributed by atoms with van der Waals surface area (Å²) in [5, 5.41) is 14.7. The van der Waals surface area contributed by atoms with Gasteiger partial charge in [0, 0.05) is 20.1 Å². The first kappa shape index (κ1) is 22.4. The van der Waals surface area contributed by atoms with E-state index in [1.807, 2.05) is 4.57 Å². The largest absolute Gasteiger partial charge is 0.356 e. The second kappa shape index (κ2) is 11.9. The number of aromatic nitrogens is 3. The summed E-state index contributed by atoms with van der Waals surface area (Å²) >= 11 is 0. The highest BCUT2D eigenvalue weighted by Crippen LogP contribution is 2.15. The van der Waals surface area contributed by atoms with Crippen molar-refractivity contribution in [3.8, 4) is 0 Å². The van der Waals surface area contributed by atoms with Crippen LogP contribution >= 0.6 is 24.0 Å². The molecule has 0 unspecified atom stereocenters. The summed E-state index contributed by atoms with van der Waals surface area (Å²) in [6, 6.07) is 8.94. The number of guanidine groups is 1. The molecule has 0 spiro atoms. The molecule has 0 amide bonds. The van der Waals surface area contributed by atoms with Crippen molar-refractivity contribution in [3.05, 3.63) is 47.5 Å². The maximum Gasteiger partial charge on any atom is 0.191 e. The molecule has 0 saturated heterocycles. The van der Waals surface area contributed by atoms with E-state index in [2.05, 4.69) is 70.9 Å². The number of benzene rings is 1. The van der Waals surface area contributed by atoms with Gasteiger partial charge >= 0.3 is 0 Å². The van der Waals surface area contributed by atoms with Gasteiger partial charge in [-0.15, -0.1) is 34.2 Å². The molecular formula is C19H31IN6. The molecule has 2 aromatic rings. The minimum atomic E-state index is 0. The number of aryl methyl sites for hydroxylation is 2. The Hall–Kier alpha value is -1.64. The number of aliphatic imine (C=N–C) groups is 1. The normalized spacial score (nSPS) is 11.3. The molecule has 1 aromatic heterocycles. The summed E-state index contributed by atoms with van der Waals surface area (Å²) in [6.45, 7) is 8.89. The lowest BCUT2D eigenvalue weighted by Gasteiger charge is -2.12. The molecule has 0 aliphatic carbocycles. The van der Waals surface area contributed by atoms with E-state index in [9.17, 15) is 0 Å². The van der Waals surface area contributed by atoms with Crippen molar-refractivity contribution in [2.75, 3.05) is 13.6 Å². The van der Waals surface area contributed by atoms with E-state index in [0.29, 0.717) is 12.5 Å². The predicted molar refractivity (Wildman–Crippen MR) is 118 cm³/mol. The molecule has 0 radical (unpaired) electrons. The zero-order valence-corrected chi connectivity index (χ0v) is 18.5. The fraction of sp³-hybridized carbons (Fsp3) is 0.526. The zero-order chi connectivity index (χ0) is 18.1. The van der Waals surface area contributed by atoms with Crippen LogP contribution in [0.15, 0.2) is 35.6 Å². The predicted octanol–water partition coefficient (Wildman–Crippen LogP) is 3.34. The Bertz CT molecular complexity index is 663. The number of hydrogen-bond donors (Lipinski definition) is 2. The molecule has 0 aliphatic heterocycles. The van der Waals surface area contributed by atoms with Crippen molar-refractivity contribution in [2.24, 2.45) is 4.99 Å². The van der Waals surface area contributed by atoms with Crippen LogP contribution in [0.1, 0.15) is 50.1 Å². The Balaban J connectivity index is 0.00000338. The minimum absolute atomic E-state index is 0. The second-order valence-electron chi connectivity index (χ2n) is 6.39. The van der Waals surface area contributed by atoms with Crippen molar-refractivity contribution in [2.45, 2.75) is 52.6 Å². The number of hydrogen-bond acceptors (Lipinski definition) is 3. The third-order valence-electron chi connectivity index (χ3n) is 4.26. The molecule has 0 atom stereocenters. The molecule has 0 fully saturated rings. The van der Waals surface area contributed by atoms with Crippen molar-refractivity contribution in [3.63, 3.8) is 0 Å². The average molecular weight is 470 g/mol. The lowest BCUT2D eigenvalue weighted by Crippen LogP contribution is -2.38. The molecule has 144 valence electrons. The van der Waals surface area contributed by atoms with Gasteiger partial charge in [0.2, 0.25) is 0 Å². The molecule has 0 saturated carbocycles. The maximum absolute atomic E-state index is 4.26. The van der Waals surface area contributed by atoms with Crippen LogP contribution in [0, 0.1) is 0 Å². The molecule has 2 N–H and O–H groups in total. The van der Waals surface area contributed by atoms with Gasteiger partial charge in [0.05, 0.1) is 6.54 Å². The quantitative estimate of drug-likeness (QED) is 0.269. The van der Waals surface area contributed by atoms with Gasteiger partial charge in [-0.2, -0.15) is 0 Å². The summed E-state index contributed by atoms with van der Waals surface area (Å²) in [4.78, 5) is 4.26. The third kappa shape index (κ3) is 6.93. The van der Waals surface area contributed by atoms with E-state index < -0.39 is 0 Å². The Morgan fingerprint density at radius 1 is 1.19 bits per heavy atom. The highest BCUT2D eigenvalue weighted by molar-refractivity contribution is 14.0. The van der Waals surface area contributed by atoms with E-state index in [0.717, 1.165) is 37.7 Å². The van der Waals surface area contributed by atoms with Crippen LogP contribution in [0.4, 0.5) is 0 Å². The van der Waals surface area contributed by atoms with Crippen LogP contribution in [-0.2, 0) is 19.5 Å². The molecule has 0 aliphatic rings. The van der Waals surface area contributed by atoms with Crippen LogP contribution in [0.5, 0.6) is 0 Å². The second-order valence-corrected chi connectivity index (χ2v) is 6.39. The number of halogens is 1. The zero-order valence-electron chi connectivity index (χ0n) is 16.2. The summed E-state index contributed by atoms with van der Waals surface area (Å²) in [5.74, 6) is 2.29. The van der Waals surface area contributed by atoms with E-state index in [1.165, 1.54) is 11.1 Å². The number of nitrogens with one attached hydrogen (secondary N) is 2. The smallest absolute Gasteiger partial charge is 0.191 e. The Morgan fingerprint density at radius 2 is 1.92 bits per heavy atom. The number of nitrogens with zero attached hydrogens (tertiary/aromatic N) is 4. The molecule has 6 nitrogen and oxygen atoms in total. The van der Waals surface area contributed by atoms with Crippen LogP contribution in [0.2, 0.25) is 0 Å². The maximum atomic E-state index is 4.26. The molecule has 1 heterocycles. The van der Waals surface area contributed by atoms with Crippen molar-refractivity contribution in [1.82, 2.24) is 25.4 Å². The monoisotopic (exact) mass is 470 g/mol. The van der Waals surface area contributed by atoms with Crippen molar-refractivity contribution >= 4 is 29.9 Å². The first-order chi connectivity index (χ1) is 12.1. The summed E-state index contributed by atoms with van der Waals surface area (Å²) in [5.41, 5.74) is 2.77. The van der Waals surface area contributed by atoms with E-state index >= 15 is 0 Å². The molecular weight excluding hydrogens is 439 g/mol. The Labute approximate surface area is 173 Å². The highest BCUT2D eigenvalue weighted by Gasteiger charge is 2.04. The molecule has 7 heteroatoms. The summed E-state index contributed by atoms with van der Waals surface area (Å²) in [6.07, 6.45) is 3.87. The average Bonchev–Trinajstić information content (AvgIpc) is 3.09. The minimum Gasteiger partial charge on any atom is -0.356 e. The topological polar surface area (TPSA) is 67.1 Å². The van der Waals surface area contributed by atoms with Gasteiger partial charge in [-0.3, -0.25) is 4.99 Å². The summed E-state index contributed by atoms with van der Waals surface area (Å²) in [7, 11) is 1.78. The lowest BCUT2D eigenvalue weighted by molar-refractivity contribution is 0.666. The Kier molecular flexibility index (Phi) is 10.2. The van der Waals surface area contributed by atoms with Crippen LogP contribution < -0.4 is 10.6 Å². The van der Waals surface area contributed by atoms with Gasteiger partial charge in [0.1, 0.15) is 6.33 Å². The highest BCUT2D eigenvalue weighted by atomic mass is 127. The first-order valence-electron chi connectivity index (χ1n) is 9.04. The van der Waals surface area contributed by atoms with Gasteiger partial charge in [-0.05, 0) is 36.8 Å². The molecule has 1 aromatic carbocycles. The van der Waals surface area contributed by atoms with E-state index in [4.69, 9.17) is 0 Å². The fourth-order valence-corrected chi connectivity index (χ4v) is 2.63. The van der Waals surface area contributed by atoms with Gasteiger partial charge in [-0.25, -0.2) is 0 Å². The van der Waals surface area contributed by atoms with Gasteiger partial charge < -0.3 is 15.2 Å². The van der Waals surface area contributed by atoms with Gasteiger partial charge in [0.25, 0.3) is 0 Å². The molecule has 0 bridgehead atoms. The molecule has 2 rings (SSSR count). The van der Waals surface area contributed by atoms with Crippen molar-refractivity contribution < 1.29 is 0 Å². The third-order valence-corrected chi connectivity index (χ3v) is 4.26. The lowest BCUT2D eigenvalue weighted by atomic mass is 10.0. The van der Waals surface area contributed by atoms with E-state index in [-0.39, 0.29) is 24.0 Å². The van der Waals surface area contributed by atoms with Crippen LogP contribution in [0.3, 0.4) is 0 Å². The standard InChI is InChI=1S/C19H30N6.HI/c1-5-25-14-23-24-18(25)13-22-19(20-4)21-12-6-7-16-8-10-17(11-9-16)15(2)3;/h8-11,14-15H,5-7,12-13H2,1-4H3,(H2,20,21,22);1H. The van der Waals surface area contributed by atoms with Gasteiger partial charge in [0.15, 0.2) is 11.8 Å². The first-order valence-corrected chi connectivity index (χ1v) is 9.04. The molecule has 26 heavy (non-hydrogen) atoms. The Morgan fingerprint density at radius 3 is 2.54 bits per heavy atom. The van der Waals surface area contributed by atoms with Crippen LogP contribution in [0.25, 0.3) is 0 Å². The van der Waals surface area contributed by atoms with Crippen molar-refractivity contribution in [1.29, 1.82) is 0 Å². The number of rotatable bonds is 8. The van der Waals surface area contributed by atoms with E-state index in [1.54, 1.807) is 13.4 Å². The van der Waals surface area contributed by atoms with Gasteiger partial charge in [-0.1, -0.05) is 38.1 Å². The van der Waals surface area contributed by atoms with Crippen LogP contribution in [-0.4, -0.2) is 34.3 Å².